The van der Waals surface area contributed by atoms with Crippen LogP contribution >= 0.6 is 15.9 Å². The van der Waals surface area contributed by atoms with Gasteiger partial charge in [-0.25, -0.2) is 0 Å². The molecular weight excluding hydrogens is 272 g/mol. The first-order valence-corrected chi connectivity index (χ1v) is 5.60. The molecule has 0 aliphatic heterocycles. The standard InChI is InChI=1S/C12H13BrO3/c1-8(14)11(15)12(16)10(13)7-9-5-3-2-4-6-9/h2-7,11-12,15-16H,1H3/b10-7-/t11-,12-/m1/s1. The van der Waals surface area contributed by atoms with Crippen molar-refractivity contribution in [3.05, 3.63) is 40.4 Å². The third-order valence-electron chi connectivity index (χ3n) is 2.10. The summed E-state index contributed by atoms with van der Waals surface area (Å²) >= 11 is 3.15. The lowest BCUT2D eigenvalue weighted by atomic mass is 10.1. The van der Waals surface area contributed by atoms with Gasteiger partial charge in [-0.2, -0.15) is 0 Å². The molecular formula is C12H13BrO3. The highest BCUT2D eigenvalue weighted by Gasteiger charge is 2.22. The summed E-state index contributed by atoms with van der Waals surface area (Å²) in [6, 6.07) is 9.31. The summed E-state index contributed by atoms with van der Waals surface area (Å²) in [5.41, 5.74) is 0.879. The topological polar surface area (TPSA) is 57.5 Å². The fraction of sp³-hybridized carbons (Fsp3) is 0.250. The van der Waals surface area contributed by atoms with Crippen molar-refractivity contribution in [3.63, 3.8) is 0 Å². The fourth-order valence-corrected chi connectivity index (χ4v) is 1.68. The van der Waals surface area contributed by atoms with Crippen LogP contribution in [0.1, 0.15) is 12.5 Å². The van der Waals surface area contributed by atoms with Gasteiger partial charge in [0.25, 0.3) is 0 Å². The molecule has 0 bridgehead atoms. The molecule has 3 nitrogen and oxygen atoms in total. The minimum Gasteiger partial charge on any atom is -0.385 e. The molecule has 86 valence electrons. The Morgan fingerprint density at radius 1 is 1.25 bits per heavy atom. The molecule has 0 fully saturated rings. The van der Waals surface area contributed by atoms with Gasteiger partial charge >= 0.3 is 0 Å². The van der Waals surface area contributed by atoms with Crippen LogP contribution in [0.15, 0.2) is 34.8 Å². The van der Waals surface area contributed by atoms with E-state index >= 15 is 0 Å². The van der Waals surface area contributed by atoms with Crippen molar-refractivity contribution in [2.24, 2.45) is 0 Å². The molecule has 0 aromatic heterocycles. The number of halogens is 1. The first-order chi connectivity index (χ1) is 7.52. The minimum absolute atomic E-state index is 0.376. The third kappa shape index (κ3) is 3.56. The normalized spacial score (nSPS) is 15.6. The molecule has 2 atom stereocenters. The van der Waals surface area contributed by atoms with Crippen LogP contribution in [-0.4, -0.2) is 28.2 Å². The van der Waals surface area contributed by atoms with Crippen molar-refractivity contribution < 1.29 is 15.0 Å². The van der Waals surface area contributed by atoms with Crippen molar-refractivity contribution in [2.75, 3.05) is 0 Å². The van der Waals surface area contributed by atoms with Crippen molar-refractivity contribution in [3.8, 4) is 0 Å². The molecule has 0 unspecified atom stereocenters. The second kappa shape index (κ2) is 5.94. The van der Waals surface area contributed by atoms with Crippen LogP contribution < -0.4 is 0 Å². The molecule has 0 spiro atoms. The molecule has 0 amide bonds. The Hall–Kier alpha value is -0.970. The van der Waals surface area contributed by atoms with Crippen LogP contribution in [0.2, 0.25) is 0 Å². The number of carbonyl (C=O) groups excluding carboxylic acids is 1. The number of hydrogen-bond acceptors (Lipinski definition) is 3. The average molecular weight is 285 g/mol. The SMILES string of the molecule is CC(=O)[C@@H](O)[C@H](O)/C(Br)=C/c1ccccc1. The monoisotopic (exact) mass is 284 g/mol. The number of benzene rings is 1. The van der Waals surface area contributed by atoms with Crippen LogP contribution in [0, 0.1) is 0 Å². The van der Waals surface area contributed by atoms with E-state index in [0.717, 1.165) is 5.56 Å². The largest absolute Gasteiger partial charge is 0.385 e. The van der Waals surface area contributed by atoms with Gasteiger partial charge in [-0.3, -0.25) is 4.79 Å². The van der Waals surface area contributed by atoms with Crippen LogP contribution in [0.25, 0.3) is 6.08 Å². The Balaban J connectivity index is 2.82. The van der Waals surface area contributed by atoms with E-state index in [2.05, 4.69) is 15.9 Å². The quantitative estimate of drug-likeness (QED) is 0.885. The first-order valence-electron chi connectivity index (χ1n) is 4.81. The molecule has 4 heteroatoms. The number of Topliss-reactive ketones (excluding diaryl/α,β-unsaturated/α-hetero) is 1. The Labute approximate surface area is 103 Å². The van der Waals surface area contributed by atoms with Gasteiger partial charge in [0.1, 0.15) is 12.2 Å². The Morgan fingerprint density at radius 3 is 2.31 bits per heavy atom. The summed E-state index contributed by atoms with van der Waals surface area (Å²) < 4.78 is 0.376. The molecule has 0 saturated heterocycles. The predicted octanol–water partition coefficient (Wildman–Crippen LogP) is 1.73. The molecule has 2 N–H and O–H groups in total. The molecule has 0 radical (unpaired) electrons. The van der Waals surface area contributed by atoms with Crippen LogP contribution in [-0.2, 0) is 4.79 Å². The molecule has 0 saturated carbocycles. The maximum absolute atomic E-state index is 10.9. The van der Waals surface area contributed by atoms with Gasteiger partial charge in [0.15, 0.2) is 5.78 Å². The highest BCUT2D eigenvalue weighted by Crippen LogP contribution is 2.18. The van der Waals surface area contributed by atoms with Crippen molar-refractivity contribution in [1.29, 1.82) is 0 Å². The average Bonchev–Trinajstić information content (AvgIpc) is 2.28. The highest BCUT2D eigenvalue weighted by atomic mass is 79.9. The summed E-state index contributed by atoms with van der Waals surface area (Å²) in [5, 5.41) is 19.0. The van der Waals surface area contributed by atoms with E-state index in [1.54, 1.807) is 6.08 Å². The second-order valence-corrected chi connectivity index (χ2v) is 4.36. The van der Waals surface area contributed by atoms with Crippen LogP contribution in [0.4, 0.5) is 0 Å². The fourth-order valence-electron chi connectivity index (χ4n) is 1.17. The molecule has 1 aromatic carbocycles. The number of carbonyl (C=O) groups is 1. The number of hydrogen-bond donors (Lipinski definition) is 2. The number of ketones is 1. The van der Waals surface area contributed by atoms with Crippen molar-refractivity contribution in [1.82, 2.24) is 0 Å². The lowest BCUT2D eigenvalue weighted by Crippen LogP contribution is -2.32. The summed E-state index contributed by atoms with van der Waals surface area (Å²) in [6.07, 6.45) is -0.955. The zero-order chi connectivity index (χ0) is 12.1. The lowest BCUT2D eigenvalue weighted by Gasteiger charge is -2.14. The van der Waals surface area contributed by atoms with E-state index in [1.807, 2.05) is 30.3 Å². The number of aliphatic hydroxyl groups excluding tert-OH is 2. The van der Waals surface area contributed by atoms with Gasteiger partial charge in [-0.15, -0.1) is 0 Å². The predicted molar refractivity (Wildman–Crippen MR) is 66.0 cm³/mol. The molecule has 1 rings (SSSR count). The molecule has 0 aliphatic rings. The van der Waals surface area contributed by atoms with Gasteiger partial charge in [0, 0.05) is 4.48 Å². The Bertz CT molecular complexity index is 387. The number of rotatable bonds is 4. The minimum atomic E-state index is -1.39. The Morgan fingerprint density at radius 2 is 1.81 bits per heavy atom. The van der Waals surface area contributed by atoms with E-state index in [9.17, 15) is 15.0 Å². The van der Waals surface area contributed by atoms with Crippen molar-refractivity contribution >= 4 is 27.8 Å². The van der Waals surface area contributed by atoms with E-state index in [1.165, 1.54) is 6.92 Å². The van der Waals surface area contributed by atoms with Crippen molar-refractivity contribution in [2.45, 2.75) is 19.1 Å². The number of aliphatic hydroxyl groups is 2. The smallest absolute Gasteiger partial charge is 0.161 e. The zero-order valence-electron chi connectivity index (χ0n) is 8.80. The molecule has 0 aliphatic carbocycles. The maximum atomic E-state index is 10.9. The summed E-state index contributed by atoms with van der Waals surface area (Å²) in [5.74, 6) is -0.467. The highest BCUT2D eigenvalue weighted by molar-refractivity contribution is 9.11. The van der Waals surface area contributed by atoms with E-state index in [0.29, 0.717) is 4.48 Å². The van der Waals surface area contributed by atoms with Gasteiger partial charge in [-0.05, 0) is 18.6 Å². The summed E-state index contributed by atoms with van der Waals surface area (Å²) in [6.45, 7) is 1.23. The second-order valence-electron chi connectivity index (χ2n) is 3.44. The van der Waals surface area contributed by atoms with Gasteiger partial charge in [0.05, 0.1) is 0 Å². The lowest BCUT2D eigenvalue weighted by molar-refractivity contribution is -0.128. The van der Waals surface area contributed by atoms with Gasteiger partial charge < -0.3 is 10.2 Å². The van der Waals surface area contributed by atoms with E-state index < -0.39 is 18.0 Å². The zero-order valence-corrected chi connectivity index (χ0v) is 10.4. The molecule has 1 aromatic rings. The van der Waals surface area contributed by atoms with Crippen LogP contribution in [0.3, 0.4) is 0 Å². The molecule has 0 heterocycles. The van der Waals surface area contributed by atoms with Gasteiger partial charge in [0.2, 0.25) is 0 Å². The summed E-state index contributed by atoms with van der Waals surface area (Å²) in [7, 11) is 0. The first kappa shape index (κ1) is 13.1. The Kier molecular flexibility index (Phi) is 4.86. The van der Waals surface area contributed by atoms with E-state index in [-0.39, 0.29) is 0 Å². The third-order valence-corrected chi connectivity index (χ3v) is 2.80. The molecule has 16 heavy (non-hydrogen) atoms. The van der Waals surface area contributed by atoms with Gasteiger partial charge in [-0.1, -0.05) is 46.3 Å². The summed E-state index contributed by atoms with van der Waals surface area (Å²) in [4.78, 5) is 10.9. The maximum Gasteiger partial charge on any atom is 0.161 e. The van der Waals surface area contributed by atoms with Crippen LogP contribution in [0.5, 0.6) is 0 Å². The van der Waals surface area contributed by atoms with E-state index in [4.69, 9.17) is 0 Å².